The minimum absolute atomic E-state index is 0.486. The van der Waals surface area contributed by atoms with Gasteiger partial charge in [-0.1, -0.05) is 24.3 Å². The fourth-order valence-electron chi connectivity index (χ4n) is 2.46. The van der Waals surface area contributed by atoms with Crippen molar-refractivity contribution in [3.63, 3.8) is 0 Å². The second kappa shape index (κ2) is 4.27. The molecule has 0 amide bonds. The molecular weight excluding hydrogens is 248 g/mol. The van der Waals surface area contributed by atoms with E-state index >= 15 is 0 Å². The Hall–Kier alpha value is -2.49. The summed E-state index contributed by atoms with van der Waals surface area (Å²) in [4.78, 5) is 13.5. The van der Waals surface area contributed by atoms with Crippen LogP contribution in [0.15, 0.2) is 42.6 Å². The molecule has 0 radical (unpaired) electrons. The second-order valence-electron chi connectivity index (χ2n) is 5.19. The molecule has 0 aliphatic heterocycles. The van der Waals surface area contributed by atoms with Crippen molar-refractivity contribution in [1.82, 2.24) is 15.0 Å². The zero-order valence-corrected chi connectivity index (χ0v) is 11.0. The number of pyridine rings is 1. The van der Waals surface area contributed by atoms with E-state index in [9.17, 15) is 0 Å². The molecule has 1 aliphatic rings. The first-order chi connectivity index (χ1) is 9.81. The first kappa shape index (κ1) is 11.3. The molecule has 0 atom stereocenters. The zero-order valence-electron chi connectivity index (χ0n) is 11.0. The molecule has 0 spiro atoms. The molecule has 3 aromatic rings. The van der Waals surface area contributed by atoms with Crippen LogP contribution in [0.1, 0.15) is 24.6 Å². The number of rotatable bonds is 2. The van der Waals surface area contributed by atoms with E-state index < -0.39 is 0 Å². The third-order valence-corrected chi connectivity index (χ3v) is 3.61. The minimum atomic E-state index is 0.486. The lowest BCUT2D eigenvalue weighted by atomic mass is 10.1. The molecule has 1 fully saturated rings. The molecule has 0 unspecified atom stereocenters. The van der Waals surface area contributed by atoms with Gasteiger partial charge in [-0.25, -0.2) is 9.97 Å². The Morgan fingerprint density at radius 3 is 2.75 bits per heavy atom. The van der Waals surface area contributed by atoms with Gasteiger partial charge < -0.3 is 5.73 Å². The second-order valence-corrected chi connectivity index (χ2v) is 5.19. The van der Waals surface area contributed by atoms with Crippen LogP contribution in [0.2, 0.25) is 0 Å². The van der Waals surface area contributed by atoms with E-state index in [-0.39, 0.29) is 0 Å². The van der Waals surface area contributed by atoms with Crippen LogP contribution in [0.4, 0.5) is 5.82 Å². The van der Waals surface area contributed by atoms with Crippen molar-refractivity contribution in [3.05, 3.63) is 48.4 Å². The van der Waals surface area contributed by atoms with Crippen LogP contribution < -0.4 is 5.73 Å². The maximum Gasteiger partial charge on any atom is 0.134 e. The smallest absolute Gasteiger partial charge is 0.134 e. The van der Waals surface area contributed by atoms with Gasteiger partial charge in [0.2, 0.25) is 0 Å². The monoisotopic (exact) mass is 262 g/mol. The Bertz CT molecular complexity index is 788. The lowest BCUT2D eigenvalue weighted by Crippen LogP contribution is -2.00. The van der Waals surface area contributed by atoms with Crippen molar-refractivity contribution in [2.75, 3.05) is 5.73 Å². The molecule has 20 heavy (non-hydrogen) atoms. The summed E-state index contributed by atoms with van der Waals surface area (Å²) in [6.45, 7) is 0. The van der Waals surface area contributed by atoms with Gasteiger partial charge in [0.1, 0.15) is 11.6 Å². The van der Waals surface area contributed by atoms with Crippen molar-refractivity contribution in [3.8, 4) is 11.3 Å². The molecule has 0 saturated heterocycles. The largest absolute Gasteiger partial charge is 0.384 e. The van der Waals surface area contributed by atoms with Gasteiger partial charge in [0.15, 0.2) is 0 Å². The highest BCUT2D eigenvalue weighted by Crippen LogP contribution is 2.39. The molecule has 4 heteroatoms. The molecule has 4 nitrogen and oxygen atoms in total. The number of hydrogen-bond acceptors (Lipinski definition) is 4. The summed E-state index contributed by atoms with van der Waals surface area (Å²) in [6.07, 6.45) is 4.13. The van der Waals surface area contributed by atoms with Gasteiger partial charge in [0, 0.05) is 29.1 Å². The molecule has 0 bridgehead atoms. The molecule has 1 aromatic carbocycles. The lowest BCUT2D eigenvalue weighted by Gasteiger charge is -2.07. The van der Waals surface area contributed by atoms with E-state index in [4.69, 9.17) is 5.73 Å². The SMILES string of the molecule is Nc1cc(-c2cccc3cccnc23)nc(C2CC2)n1. The minimum Gasteiger partial charge on any atom is -0.384 e. The Kier molecular flexibility index (Phi) is 2.42. The van der Waals surface area contributed by atoms with Gasteiger partial charge in [-0.15, -0.1) is 0 Å². The topological polar surface area (TPSA) is 64.7 Å². The summed E-state index contributed by atoms with van der Waals surface area (Å²) in [5.74, 6) is 1.89. The van der Waals surface area contributed by atoms with Crippen LogP contribution in [-0.4, -0.2) is 15.0 Å². The Morgan fingerprint density at radius 1 is 1.05 bits per heavy atom. The van der Waals surface area contributed by atoms with Crippen molar-refractivity contribution in [2.24, 2.45) is 0 Å². The van der Waals surface area contributed by atoms with Crippen LogP contribution in [-0.2, 0) is 0 Å². The Labute approximate surface area is 116 Å². The van der Waals surface area contributed by atoms with Crippen molar-refractivity contribution < 1.29 is 0 Å². The predicted octanol–water partition coefficient (Wildman–Crippen LogP) is 3.15. The molecule has 4 rings (SSSR count). The maximum absolute atomic E-state index is 5.93. The van der Waals surface area contributed by atoms with E-state index in [1.165, 1.54) is 0 Å². The van der Waals surface area contributed by atoms with Gasteiger partial charge >= 0.3 is 0 Å². The van der Waals surface area contributed by atoms with E-state index in [2.05, 4.69) is 27.1 Å². The third-order valence-electron chi connectivity index (χ3n) is 3.61. The molecule has 2 heterocycles. The first-order valence-electron chi connectivity index (χ1n) is 6.80. The standard InChI is InChI=1S/C16H14N4/c17-14-9-13(19-16(20-14)11-6-7-11)12-5-1-3-10-4-2-8-18-15(10)12/h1-5,8-9,11H,6-7H2,(H2,17,19,20). The van der Waals surface area contributed by atoms with E-state index in [0.29, 0.717) is 11.7 Å². The highest BCUT2D eigenvalue weighted by Gasteiger charge is 2.27. The van der Waals surface area contributed by atoms with Gasteiger partial charge in [0.25, 0.3) is 0 Å². The Morgan fingerprint density at radius 2 is 1.90 bits per heavy atom. The normalized spacial score (nSPS) is 14.6. The van der Waals surface area contributed by atoms with Crippen LogP contribution in [0, 0.1) is 0 Å². The number of anilines is 1. The number of nitrogen functional groups attached to an aromatic ring is 1. The molecule has 1 aliphatic carbocycles. The van der Waals surface area contributed by atoms with Gasteiger partial charge in [-0.3, -0.25) is 4.98 Å². The van der Waals surface area contributed by atoms with E-state index in [0.717, 1.165) is 40.8 Å². The number of hydrogen-bond donors (Lipinski definition) is 1. The molecule has 2 aromatic heterocycles. The average Bonchev–Trinajstić information content (AvgIpc) is 3.30. The molecule has 98 valence electrons. The molecular formula is C16H14N4. The number of para-hydroxylation sites is 1. The van der Waals surface area contributed by atoms with Crippen LogP contribution in [0.25, 0.3) is 22.2 Å². The molecule has 1 saturated carbocycles. The van der Waals surface area contributed by atoms with E-state index in [1.54, 1.807) is 6.20 Å². The Balaban J connectivity index is 1.94. The van der Waals surface area contributed by atoms with Crippen LogP contribution in [0.5, 0.6) is 0 Å². The summed E-state index contributed by atoms with van der Waals surface area (Å²) in [6, 6.07) is 11.9. The fraction of sp³-hybridized carbons (Fsp3) is 0.188. The van der Waals surface area contributed by atoms with Crippen molar-refractivity contribution in [1.29, 1.82) is 0 Å². The number of nitrogens with zero attached hydrogens (tertiary/aromatic N) is 3. The lowest BCUT2D eigenvalue weighted by molar-refractivity contribution is 0.936. The van der Waals surface area contributed by atoms with Crippen molar-refractivity contribution >= 4 is 16.7 Å². The highest BCUT2D eigenvalue weighted by molar-refractivity contribution is 5.92. The third kappa shape index (κ3) is 1.90. The van der Waals surface area contributed by atoms with Gasteiger partial charge in [-0.2, -0.15) is 0 Å². The van der Waals surface area contributed by atoms with E-state index in [1.807, 2.05) is 24.3 Å². The summed E-state index contributed by atoms with van der Waals surface area (Å²) < 4.78 is 0. The van der Waals surface area contributed by atoms with Crippen molar-refractivity contribution in [2.45, 2.75) is 18.8 Å². The first-order valence-corrected chi connectivity index (χ1v) is 6.80. The summed E-state index contributed by atoms with van der Waals surface area (Å²) in [5, 5.41) is 1.11. The van der Waals surface area contributed by atoms with Crippen LogP contribution >= 0.6 is 0 Å². The van der Waals surface area contributed by atoms with Gasteiger partial charge in [-0.05, 0) is 18.9 Å². The number of fused-ring (bicyclic) bond motifs is 1. The zero-order chi connectivity index (χ0) is 13.5. The number of aromatic nitrogens is 3. The average molecular weight is 262 g/mol. The summed E-state index contributed by atoms with van der Waals surface area (Å²) in [7, 11) is 0. The number of nitrogens with two attached hydrogens (primary N) is 1. The van der Waals surface area contributed by atoms with Crippen LogP contribution in [0.3, 0.4) is 0 Å². The highest BCUT2D eigenvalue weighted by atomic mass is 15.0. The fourth-order valence-corrected chi connectivity index (χ4v) is 2.46. The summed E-state index contributed by atoms with van der Waals surface area (Å²) >= 11 is 0. The quantitative estimate of drug-likeness (QED) is 0.770. The maximum atomic E-state index is 5.93. The summed E-state index contributed by atoms with van der Waals surface area (Å²) in [5.41, 5.74) is 8.77. The predicted molar refractivity (Wildman–Crippen MR) is 79.2 cm³/mol. The number of benzene rings is 1. The molecule has 2 N–H and O–H groups in total. The van der Waals surface area contributed by atoms with Gasteiger partial charge in [0.05, 0.1) is 11.2 Å².